The number of benzene rings is 1. The van der Waals surface area contributed by atoms with Gasteiger partial charge in [-0.15, -0.1) is 0 Å². The van der Waals surface area contributed by atoms with Crippen LogP contribution in [0.25, 0.3) is 0 Å². The normalized spacial score (nSPS) is 21.0. The first-order valence-electron chi connectivity index (χ1n) is 10.4. The summed E-state index contributed by atoms with van der Waals surface area (Å²) in [5.74, 6) is 0.378. The van der Waals surface area contributed by atoms with E-state index in [9.17, 15) is 9.18 Å². The Morgan fingerprint density at radius 1 is 1.40 bits per heavy atom. The summed E-state index contributed by atoms with van der Waals surface area (Å²) in [6, 6.07) is 6.49. The van der Waals surface area contributed by atoms with Crippen LogP contribution in [-0.2, 0) is 16.0 Å². The molecule has 1 aliphatic heterocycles. The van der Waals surface area contributed by atoms with Crippen LogP contribution in [0.4, 0.5) is 4.39 Å². The lowest BCUT2D eigenvalue weighted by atomic mass is 9.81. The lowest BCUT2D eigenvalue weighted by molar-refractivity contribution is -0.125. The van der Waals surface area contributed by atoms with E-state index in [0.717, 1.165) is 25.1 Å². The number of carbonyl (C=O) groups is 1. The smallest absolute Gasteiger partial charge is 0.217 e. The largest absolute Gasteiger partial charge is 0.472 e. The fraction of sp³-hybridized carbons (Fsp3) is 0.500. The van der Waals surface area contributed by atoms with Gasteiger partial charge in [0, 0.05) is 43.4 Å². The molecule has 1 aliphatic rings. The number of aliphatic imine (C=N–C) groups is 1. The van der Waals surface area contributed by atoms with Gasteiger partial charge in [0.2, 0.25) is 5.90 Å². The first-order chi connectivity index (χ1) is 14.1. The summed E-state index contributed by atoms with van der Waals surface area (Å²) in [4.78, 5) is 19.3. The van der Waals surface area contributed by atoms with Gasteiger partial charge in [-0.3, -0.25) is 9.69 Å². The molecule has 2 N–H and O–H groups in total. The van der Waals surface area contributed by atoms with Crippen LogP contribution in [-0.4, -0.2) is 41.8 Å². The molecule has 5 nitrogen and oxygen atoms in total. The molecule has 2 atom stereocenters. The van der Waals surface area contributed by atoms with Crippen LogP contribution in [0.2, 0.25) is 0 Å². The van der Waals surface area contributed by atoms with E-state index in [1.54, 1.807) is 18.2 Å². The van der Waals surface area contributed by atoms with Gasteiger partial charge in [-0.25, -0.2) is 9.38 Å². The quantitative estimate of drug-likeness (QED) is 0.538. The fourth-order valence-electron chi connectivity index (χ4n) is 3.74. The predicted octanol–water partition coefficient (Wildman–Crippen LogP) is 4.10. The Hall–Kier alpha value is -2.47. The van der Waals surface area contributed by atoms with Crippen molar-refractivity contribution in [2.24, 2.45) is 22.6 Å². The molecule has 1 aromatic carbocycles. The van der Waals surface area contributed by atoms with Crippen molar-refractivity contribution in [2.75, 3.05) is 19.6 Å². The fourth-order valence-corrected chi connectivity index (χ4v) is 3.74. The number of Topliss-reactive ketones (excluding diaryl/α,β-unsaturated/α-hetero) is 1. The standard InChI is InChI=1S/C24H34FN3O2/c1-17-15-28(16-18(2)23(27-12-11-26)30-24(3,4)5)13-10-20(17)22(29)14-19-8-6-7-9-21(19)25/h6-9,11-12,17,20H,2,10,13-16,26H2,1,3-5H3/b12-11-,27-23+/t17-,20-/m1/s1. The molecular formula is C24H34FN3O2. The van der Waals surface area contributed by atoms with E-state index >= 15 is 0 Å². The maximum atomic E-state index is 13.9. The number of carbonyl (C=O) groups excluding carboxylic acids is 1. The molecule has 0 radical (unpaired) electrons. The number of halogens is 1. The van der Waals surface area contributed by atoms with Gasteiger partial charge in [0.05, 0.1) is 0 Å². The first-order valence-corrected chi connectivity index (χ1v) is 10.4. The molecule has 6 heteroatoms. The van der Waals surface area contributed by atoms with Crippen molar-refractivity contribution in [1.29, 1.82) is 0 Å². The minimum absolute atomic E-state index is 0.0618. The van der Waals surface area contributed by atoms with Gasteiger partial charge in [0.15, 0.2) is 0 Å². The lowest BCUT2D eigenvalue weighted by Crippen LogP contribution is -2.44. The molecule has 1 saturated heterocycles. The highest BCUT2D eigenvalue weighted by Crippen LogP contribution is 2.26. The summed E-state index contributed by atoms with van der Waals surface area (Å²) in [5, 5.41) is 0. The number of nitrogens with two attached hydrogens (primary N) is 1. The van der Waals surface area contributed by atoms with Gasteiger partial charge in [-0.1, -0.05) is 31.7 Å². The summed E-state index contributed by atoms with van der Waals surface area (Å²) < 4.78 is 19.8. The van der Waals surface area contributed by atoms with Gasteiger partial charge in [0.1, 0.15) is 17.2 Å². The minimum Gasteiger partial charge on any atom is -0.472 e. The van der Waals surface area contributed by atoms with Crippen LogP contribution in [0.3, 0.4) is 0 Å². The van der Waals surface area contributed by atoms with Crippen LogP contribution in [0.15, 0.2) is 53.8 Å². The van der Waals surface area contributed by atoms with E-state index in [1.807, 2.05) is 20.8 Å². The number of ether oxygens (including phenoxy) is 1. The zero-order chi connectivity index (χ0) is 22.3. The summed E-state index contributed by atoms with van der Waals surface area (Å²) in [5.41, 5.74) is 6.25. The summed E-state index contributed by atoms with van der Waals surface area (Å²) in [6.45, 7) is 14.2. The van der Waals surface area contributed by atoms with Crippen LogP contribution in [0, 0.1) is 17.7 Å². The minimum atomic E-state index is -0.399. The average molecular weight is 416 g/mol. The van der Waals surface area contributed by atoms with Crippen LogP contribution in [0.1, 0.15) is 39.7 Å². The molecule has 1 aromatic rings. The maximum absolute atomic E-state index is 13.9. The number of piperidine rings is 1. The molecule has 0 aliphatic carbocycles. The lowest BCUT2D eigenvalue weighted by Gasteiger charge is -2.37. The second-order valence-electron chi connectivity index (χ2n) is 8.94. The third-order valence-corrected chi connectivity index (χ3v) is 5.12. The Balaban J connectivity index is 1.96. The second-order valence-corrected chi connectivity index (χ2v) is 8.94. The molecule has 164 valence electrons. The van der Waals surface area contributed by atoms with Crippen LogP contribution >= 0.6 is 0 Å². The van der Waals surface area contributed by atoms with E-state index in [0.29, 0.717) is 18.0 Å². The zero-order valence-corrected chi connectivity index (χ0v) is 18.5. The Morgan fingerprint density at radius 2 is 2.10 bits per heavy atom. The molecule has 30 heavy (non-hydrogen) atoms. The molecule has 0 bridgehead atoms. The molecule has 0 aromatic heterocycles. The first kappa shape index (κ1) is 23.8. The highest BCUT2D eigenvalue weighted by Gasteiger charge is 2.32. The topological polar surface area (TPSA) is 67.9 Å². The highest BCUT2D eigenvalue weighted by molar-refractivity contribution is 5.94. The van der Waals surface area contributed by atoms with Crippen molar-refractivity contribution in [1.82, 2.24) is 4.90 Å². The Morgan fingerprint density at radius 3 is 2.70 bits per heavy atom. The van der Waals surface area contributed by atoms with Gasteiger partial charge < -0.3 is 10.5 Å². The van der Waals surface area contributed by atoms with E-state index < -0.39 is 5.60 Å². The summed E-state index contributed by atoms with van der Waals surface area (Å²) in [7, 11) is 0. The number of rotatable bonds is 7. The molecule has 0 spiro atoms. The van der Waals surface area contributed by atoms with Crippen molar-refractivity contribution in [2.45, 2.75) is 46.1 Å². The van der Waals surface area contributed by atoms with Crippen LogP contribution in [0.5, 0.6) is 0 Å². The van der Waals surface area contributed by atoms with Crippen molar-refractivity contribution >= 4 is 11.7 Å². The molecule has 1 heterocycles. The Kier molecular flexibility index (Phi) is 8.35. The number of nitrogens with zero attached hydrogens (tertiary/aromatic N) is 2. The number of ketones is 1. The van der Waals surface area contributed by atoms with Crippen LogP contribution < -0.4 is 5.73 Å². The highest BCUT2D eigenvalue weighted by atomic mass is 19.1. The average Bonchev–Trinajstić information content (AvgIpc) is 2.66. The van der Waals surface area contributed by atoms with E-state index in [1.165, 1.54) is 18.5 Å². The van der Waals surface area contributed by atoms with Gasteiger partial charge in [-0.2, -0.15) is 0 Å². The number of likely N-dealkylation sites (tertiary alicyclic amines) is 1. The molecular weight excluding hydrogens is 381 g/mol. The SMILES string of the molecule is C=C(CN1CC[C@@H](C(=O)Cc2ccccc2F)[C@H](C)C1)/C(=N\C=C/N)OC(C)(C)C. The van der Waals surface area contributed by atoms with Crippen molar-refractivity contribution in [3.05, 3.63) is 60.2 Å². The van der Waals surface area contributed by atoms with Gasteiger partial charge in [0.25, 0.3) is 0 Å². The Labute approximate surface area is 179 Å². The zero-order valence-electron chi connectivity index (χ0n) is 18.5. The number of hydrogen-bond donors (Lipinski definition) is 1. The Bertz CT molecular complexity index is 811. The van der Waals surface area contributed by atoms with E-state index in [-0.39, 0.29) is 29.9 Å². The summed E-state index contributed by atoms with van der Waals surface area (Å²) in [6.07, 6.45) is 3.74. The third-order valence-electron chi connectivity index (χ3n) is 5.12. The molecule has 0 unspecified atom stereocenters. The molecule has 2 rings (SSSR count). The molecule has 0 saturated carbocycles. The van der Waals surface area contributed by atoms with Crippen molar-refractivity contribution in [3.8, 4) is 0 Å². The van der Waals surface area contributed by atoms with Crippen molar-refractivity contribution in [3.63, 3.8) is 0 Å². The molecule has 0 amide bonds. The molecule has 1 fully saturated rings. The predicted molar refractivity (Wildman–Crippen MR) is 120 cm³/mol. The van der Waals surface area contributed by atoms with Gasteiger partial charge >= 0.3 is 0 Å². The third kappa shape index (κ3) is 7.10. The van der Waals surface area contributed by atoms with E-state index in [2.05, 4.69) is 23.4 Å². The maximum Gasteiger partial charge on any atom is 0.217 e. The monoisotopic (exact) mass is 415 g/mol. The van der Waals surface area contributed by atoms with E-state index in [4.69, 9.17) is 10.5 Å². The summed E-state index contributed by atoms with van der Waals surface area (Å²) >= 11 is 0. The van der Waals surface area contributed by atoms with Gasteiger partial charge in [-0.05, 0) is 51.3 Å². The second kappa shape index (κ2) is 10.5. The number of hydrogen-bond acceptors (Lipinski definition) is 5. The van der Waals surface area contributed by atoms with Crippen molar-refractivity contribution < 1.29 is 13.9 Å².